The summed E-state index contributed by atoms with van der Waals surface area (Å²) in [6.45, 7) is 4.53. The van der Waals surface area contributed by atoms with Crippen LogP contribution in [0.2, 0.25) is 0 Å². The van der Waals surface area contributed by atoms with Gasteiger partial charge in [-0.2, -0.15) is 0 Å². The second-order valence-corrected chi connectivity index (χ2v) is 9.06. The molecule has 5 aromatic rings. The van der Waals surface area contributed by atoms with Crippen molar-refractivity contribution in [1.29, 1.82) is 0 Å². The van der Waals surface area contributed by atoms with E-state index < -0.39 is 0 Å². The Kier molecular flexibility index (Phi) is 6.77. The summed E-state index contributed by atoms with van der Waals surface area (Å²) < 4.78 is 0. The molecule has 0 saturated carbocycles. The first-order chi connectivity index (χ1) is 17.2. The van der Waals surface area contributed by atoms with Crippen LogP contribution in [0, 0.1) is 0 Å². The molecular formula is C34H31N. The van der Waals surface area contributed by atoms with E-state index >= 15 is 0 Å². The fourth-order valence-electron chi connectivity index (χ4n) is 4.50. The average Bonchev–Trinajstić information content (AvgIpc) is 2.95. The van der Waals surface area contributed by atoms with Crippen LogP contribution in [0.3, 0.4) is 0 Å². The predicted octanol–water partition coefficient (Wildman–Crippen LogP) is 10.0. The van der Waals surface area contributed by atoms with Gasteiger partial charge in [-0.1, -0.05) is 111 Å². The van der Waals surface area contributed by atoms with Crippen molar-refractivity contribution in [2.24, 2.45) is 0 Å². The van der Waals surface area contributed by atoms with Gasteiger partial charge in [-0.15, -0.1) is 0 Å². The summed E-state index contributed by atoms with van der Waals surface area (Å²) in [4.78, 5) is 2.31. The summed E-state index contributed by atoms with van der Waals surface area (Å²) in [7, 11) is 0. The first-order valence-electron chi connectivity index (χ1n) is 12.4. The lowest BCUT2D eigenvalue weighted by Crippen LogP contribution is -2.09. The van der Waals surface area contributed by atoms with Crippen molar-refractivity contribution in [3.8, 4) is 22.3 Å². The second-order valence-electron chi connectivity index (χ2n) is 9.06. The van der Waals surface area contributed by atoms with Gasteiger partial charge in [0.2, 0.25) is 0 Å². The zero-order chi connectivity index (χ0) is 24.0. The molecule has 1 heteroatoms. The number of hydrogen-bond donors (Lipinski definition) is 0. The van der Waals surface area contributed by atoms with Crippen LogP contribution >= 0.6 is 0 Å². The van der Waals surface area contributed by atoms with Crippen molar-refractivity contribution in [1.82, 2.24) is 0 Å². The minimum absolute atomic E-state index is 0.596. The Hall–Kier alpha value is -4.10. The molecule has 0 aliphatic heterocycles. The minimum atomic E-state index is 0.596. The van der Waals surface area contributed by atoms with Crippen molar-refractivity contribution >= 4 is 17.1 Å². The van der Waals surface area contributed by atoms with Crippen LogP contribution in [0.5, 0.6) is 0 Å². The molecule has 0 bridgehead atoms. The van der Waals surface area contributed by atoms with Crippen molar-refractivity contribution in [2.45, 2.75) is 26.2 Å². The topological polar surface area (TPSA) is 3.24 Å². The Morgan fingerprint density at radius 2 is 0.829 bits per heavy atom. The molecule has 0 aliphatic carbocycles. The minimum Gasteiger partial charge on any atom is -0.311 e. The maximum Gasteiger partial charge on any atom is 0.0462 e. The summed E-state index contributed by atoms with van der Waals surface area (Å²) in [5.41, 5.74) is 9.77. The van der Waals surface area contributed by atoms with Gasteiger partial charge in [-0.3, -0.25) is 0 Å². The first kappa shape index (κ1) is 22.7. The van der Waals surface area contributed by atoms with E-state index in [0.29, 0.717) is 5.92 Å². The molecule has 35 heavy (non-hydrogen) atoms. The molecule has 0 aromatic heterocycles. The zero-order valence-electron chi connectivity index (χ0n) is 20.4. The average molecular weight is 454 g/mol. The summed E-state index contributed by atoms with van der Waals surface area (Å²) in [5, 5.41) is 0. The van der Waals surface area contributed by atoms with Crippen LogP contribution < -0.4 is 4.90 Å². The van der Waals surface area contributed by atoms with E-state index in [0.717, 1.165) is 23.5 Å². The third-order valence-electron chi connectivity index (χ3n) is 6.80. The fourth-order valence-corrected chi connectivity index (χ4v) is 4.50. The van der Waals surface area contributed by atoms with Crippen LogP contribution in [0.15, 0.2) is 133 Å². The summed E-state index contributed by atoms with van der Waals surface area (Å²) in [5.74, 6) is 0.596. The first-order valence-corrected chi connectivity index (χ1v) is 12.4. The molecule has 0 aliphatic rings. The Bertz CT molecular complexity index is 1340. The quantitative estimate of drug-likeness (QED) is 0.237. The SMILES string of the molecule is CCC(C)c1ccc(-c2ccc(N(c3ccccc3)c3ccc(-c4ccccc4)cc3)cc2)cc1. The number of nitrogens with zero attached hydrogens (tertiary/aromatic N) is 1. The van der Waals surface area contributed by atoms with Crippen LogP contribution in [0.25, 0.3) is 22.3 Å². The largest absolute Gasteiger partial charge is 0.311 e. The highest BCUT2D eigenvalue weighted by Crippen LogP contribution is 2.36. The normalized spacial score (nSPS) is 11.7. The van der Waals surface area contributed by atoms with Gasteiger partial charge in [-0.05, 0) is 76.6 Å². The number of para-hydroxylation sites is 1. The standard InChI is InChI=1S/C34H31N/c1-3-26(2)27-14-16-29(17-15-27)31-20-24-34(25-21-31)35(32-12-8-5-9-13-32)33-22-18-30(19-23-33)28-10-6-4-7-11-28/h4-26H,3H2,1-2H3. The van der Waals surface area contributed by atoms with Gasteiger partial charge in [0.25, 0.3) is 0 Å². The number of hydrogen-bond acceptors (Lipinski definition) is 1. The van der Waals surface area contributed by atoms with Gasteiger partial charge >= 0.3 is 0 Å². The summed E-state index contributed by atoms with van der Waals surface area (Å²) >= 11 is 0. The fraction of sp³-hybridized carbons (Fsp3) is 0.118. The van der Waals surface area contributed by atoms with Crippen molar-refractivity contribution in [3.05, 3.63) is 139 Å². The van der Waals surface area contributed by atoms with Crippen LogP contribution in [0.4, 0.5) is 17.1 Å². The molecule has 0 amide bonds. The van der Waals surface area contributed by atoms with E-state index in [4.69, 9.17) is 0 Å². The predicted molar refractivity (Wildman–Crippen MR) is 151 cm³/mol. The Morgan fingerprint density at radius 3 is 1.29 bits per heavy atom. The maximum absolute atomic E-state index is 2.31. The van der Waals surface area contributed by atoms with Gasteiger partial charge < -0.3 is 4.90 Å². The number of anilines is 3. The molecule has 0 saturated heterocycles. The third kappa shape index (κ3) is 5.05. The molecule has 0 radical (unpaired) electrons. The van der Waals surface area contributed by atoms with Crippen LogP contribution in [-0.2, 0) is 0 Å². The van der Waals surface area contributed by atoms with E-state index in [1.807, 2.05) is 0 Å². The molecule has 0 heterocycles. The lowest BCUT2D eigenvalue weighted by Gasteiger charge is -2.26. The molecule has 1 unspecified atom stereocenters. The van der Waals surface area contributed by atoms with Crippen LogP contribution in [-0.4, -0.2) is 0 Å². The van der Waals surface area contributed by atoms with E-state index in [2.05, 4.69) is 152 Å². The number of rotatable bonds is 7. The molecule has 5 rings (SSSR count). The Labute approximate surface area is 209 Å². The Morgan fingerprint density at radius 1 is 0.457 bits per heavy atom. The lowest BCUT2D eigenvalue weighted by atomic mass is 9.96. The van der Waals surface area contributed by atoms with Gasteiger partial charge in [0.15, 0.2) is 0 Å². The smallest absolute Gasteiger partial charge is 0.0462 e. The number of benzene rings is 5. The third-order valence-corrected chi connectivity index (χ3v) is 6.80. The molecule has 1 atom stereocenters. The van der Waals surface area contributed by atoms with Gasteiger partial charge in [0, 0.05) is 17.1 Å². The van der Waals surface area contributed by atoms with Crippen molar-refractivity contribution in [2.75, 3.05) is 4.90 Å². The molecule has 1 nitrogen and oxygen atoms in total. The van der Waals surface area contributed by atoms with E-state index in [-0.39, 0.29) is 0 Å². The maximum atomic E-state index is 2.31. The van der Waals surface area contributed by atoms with E-state index in [9.17, 15) is 0 Å². The van der Waals surface area contributed by atoms with Gasteiger partial charge in [0.1, 0.15) is 0 Å². The highest BCUT2D eigenvalue weighted by molar-refractivity contribution is 5.79. The molecular weight excluding hydrogens is 422 g/mol. The second kappa shape index (κ2) is 10.4. The lowest BCUT2D eigenvalue weighted by molar-refractivity contribution is 0.734. The molecule has 172 valence electrons. The zero-order valence-corrected chi connectivity index (χ0v) is 20.4. The molecule has 0 spiro atoms. The van der Waals surface area contributed by atoms with Gasteiger partial charge in [-0.25, -0.2) is 0 Å². The highest BCUT2D eigenvalue weighted by Gasteiger charge is 2.13. The highest BCUT2D eigenvalue weighted by atomic mass is 15.1. The Balaban J connectivity index is 1.46. The summed E-state index contributed by atoms with van der Waals surface area (Å²) in [6.07, 6.45) is 1.16. The molecule has 0 fully saturated rings. The van der Waals surface area contributed by atoms with Gasteiger partial charge in [0.05, 0.1) is 0 Å². The summed E-state index contributed by atoms with van der Waals surface area (Å²) in [6, 6.07) is 47.8. The molecule has 5 aromatic carbocycles. The van der Waals surface area contributed by atoms with Crippen molar-refractivity contribution in [3.63, 3.8) is 0 Å². The van der Waals surface area contributed by atoms with E-state index in [1.165, 1.54) is 27.8 Å². The van der Waals surface area contributed by atoms with Crippen molar-refractivity contribution < 1.29 is 0 Å². The van der Waals surface area contributed by atoms with E-state index in [1.54, 1.807) is 0 Å². The monoisotopic (exact) mass is 453 g/mol. The molecule has 0 N–H and O–H groups in total. The van der Waals surface area contributed by atoms with Crippen LogP contribution in [0.1, 0.15) is 31.7 Å².